The Balaban J connectivity index is 1.49. The van der Waals surface area contributed by atoms with Crippen molar-refractivity contribution in [3.8, 4) is 0 Å². The molecular weight excluding hydrogens is 327 g/mol. The third-order valence-electron chi connectivity index (χ3n) is 5.44. The maximum atomic E-state index is 13.9. The molecule has 2 heterocycles. The normalized spacial score (nSPS) is 21.2. The third kappa shape index (κ3) is 4.28. The quantitative estimate of drug-likeness (QED) is 0.822. The van der Waals surface area contributed by atoms with E-state index in [1.165, 1.54) is 6.07 Å². The van der Waals surface area contributed by atoms with Gasteiger partial charge >= 0.3 is 0 Å². The summed E-state index contributed by atoms with van der Waals surface area (Å²) in [4.78, 5) is 16.9. The van der Waals surface area contributed by atoms with Crippen molar-refractivity contribution in [1.29, 1.82) is 0 Å². The molecule has 2 aliphatic rings. The number of hydrogen-bond donors (Lipinski definition) is 0. The molecule has 0 N–H and O–H groups in total. The zero-order chi connectivity index (χ0) is 17.1. The molecule has 0 unspecified atom stereocenters. The van der Waals surface area contributed by atoms with Crippen molar-refractivity contribution in [2.75, 3.05) is 26.2 Å². The van der Waals surface area contributed by atoms with Crippen LogP contribution in [0.1, 0.15) is 38.2 Å². The van der Waals surface area contributed by atoms with Gasteiger partial charge in [0.2, 0.25) is 5.91 Å². The van der Waals surface area contributed by atoms with Crippen LogP contribution >= 0.6 is 11.6 Å². The number of hydrogen-bond acceptors (Lipinski definition) is 2. The lowest BCUT2D eigenvalue weighted by molar-refractivity contribution is -0.138. The monoisotopic (exact) mass is 352 g/mol. The molecular formula is C19H26ClFN2O. The van der Waals surface area contributed by atoms with Gasteiger partial charge in [0.15, 0.2) is 0 Å². The molecule has 132 valence electrons. The standard InChI is InChI=1S/C19H26ClFN2O/c1-14-4-10-23(11-5-14)19(24)15-6-8-22(9-7-15)13-16-2-3-17(20)12-18(16)21/h2-3,12,14-15H,4-11,13H2,1H3. The summed E-state index contributed by atoms with van der Waals surface area (Å²) in [6, 6.07) is 4.85. The molecule has 3 nitrogen and oxygen atoms in total. The van der Waals surface area contributed by atoms with Crippen LogP contribution in [0.3, 0.4) is 0 Å². The van der Waals surface area contributed by atoms with Crippen LogP contribution in [0.5, 0.6) is 0 Å². The topological polar surface area (TPSA) is 23.6 Å². The van der Waals surface area contributed by atoms with Crippen molar-refractivity contribution in [1.82, 2.24) is 9.80 Å². The van der Waals surface area contributed by atoms with Crippen LogP contribution in [0.25, 0.3) is 0 Å². The molecule has 0 spiro atoms. The van der Waals surface area contributed by atoms with E-state index in [2.05, 4.69) is 16.7 Å². The van der Waals surface area contributed by atoms with E-state index in [0.29, 0.717) is 23.0 Å². The van der Waals surface area contributed by atoms with Crippen LogP contribution in [0.4, 0.5) is 4.39 Å². The zero-order valence-electron chi connectivity index (χ0n) is 14.3. The summed E-state index contributed by atoms with van der Waals surface area (Å²) in [6.45, 7) is 6.37. The number of carbonyl (C=O) groups is 1. The highest BCUT2D eigenvalue weighted by Gasteiger charge is 2.30. The fourth-order valence-corrected chi connectivity index (χ4v) is 3.87. The van der Waals surface area contributed by atoms with Crippen molar-refractivity contribution in [3.05, 3.63) is 34.6 Å². The van der Waals surface area contributed by atoms with E-state index in [9.17, 15) is 9.18 Å². The van der Waals surface area contributed by atoms with E-state index in [4.69, 9.17) is 11.6 Å². The zero-order valence-corrected chi connectivity index (χ0v) is 15.1. The fourth-order valence-electron chi connectivity index (χ4n) is 3.72. The van der Waals surface area contributed by atoms with E-state index in [1.54, 1.807) is 12.1 Å². The SMILES string of the molecule is CC1CCN(C(=O)C2CCN(Cc3ccc(Cl)cc3F)CC2)CC1. The molecule has 0 radical (unpaired) electrons. The first-order valence-corrected chi connectivity index (χ1v) is 9.36. The Bertz CT molecular complexity index is 579. The first-order chi connectivity index (χ1) is 11.5. The summed E-state index contributed by atoms with van der Waals surface area (Å²) in [5, 5.41) is 0.427. The molecule has 1 amide bonds. The Morgan fingerprint density at radius 1 is 1.17 bits per heavy atom. The van der Waals surface area contributed by atoms with E-state index in [1.807, 2.05) is 0 Å². The number of piperidine rings is 2. The average Bonchev–Trinajstić information content (AvgIpc) is 2.58. The molecule has 2 fully saturated rings. The van der Waals surface area contributed by atoms with Gasteiger partial charge in [0.1, 0.15) is 5.82 Å². The molecule has 24 heavy (non-hydrogen) atoms. The lowest BCUT2D eigenvalue weighted by Crippen LogP contribution is -2.45. The highest BCUT2D eigenvalue weighted by atomic mass is 35.5. The van der Waals surface area contributed by atoms with Gasteiger partial charge in [-0.1, -0.05) is 24.6 Å². The molecule has 1 aromatic carbocycles. The van der Waals surface area contributed by atoms with Crippen LogP contribution in [0, 0.1) is 17.7 Å². The second kappa shape index (κ2) is 7.83. The van der Waals surface area contributed by atoms with Crippen LogP contribution in [0.2, 0.25) is 5.02 Å². The highest BCUT2D eigenvalue weighted by Crippen LogP contribution is 2.25. The molecule has 2 aliphatic heterocycles. The smallest absolute Gasteiger partial charge is 0.225 e. The third-order valence-corrected chi connectivity index (χ3v) is 5.68. The van der Waals surface area contributed by atoms with E-state index in [-0.39, 0.29) is 11.7 Å². The van der Waals surface area contributed by atoms with Gasteiger partial charge in [-0.15, -0.1) is 0 Å². The summed E-state index contributed by atoms with van der Waals surface area (Å²) in [5.74, 6) is 0.970. The van der Waals surface area contributed by atoms with Gasteiger partial charge in [-0.3, -0.25) is 9.69 Å². The van der Waals surface area contributed by atoms with Gasteiger partial charge in [0, 0.05) is 36.1 Å². The van der Waals surface area contributed by atoms with Crippen LogP contribution in [-0.4, -0.2) is 41.9 Å². The van der Waals surface area contributed by atoms with Crippen molar-refractivity contribution in [3.63, 3.8) is 0 Å². The molecule has 0 atom stereocenters. The number of rotatable bonds is 3. The minimum absolute atomic E-state index is 0.143. The maximum absolute atomic E-state index is 13.9. The van der Waals surface area contributed by atoms with Crippen molar-refractivity contribution in [2.24, 2.45) is 11.8 Å². The predicted octanol–water partition coefficient (Wildman–Crippen LogP) is 3.95. The lowest BCUT2D eigenvalue weighted by Gasteiger charge is -2.36. The molecule has 2 saturated heterocycles. The molecule has 1 aromatic rings. The Kier molecular flexibility index (Phi) is 5.77. The Morgan fingerprint density at radius 3 is 2.46 bits per heavy atom. The first-order valence-electron chi connectivity index (χ1n) is 8.98. The van der Waals surface area contributed by atoms with Gasteiger partial charge < -0.3 is 4.90 Å². The predicted molar refractivity (Wildman–Crippen MR) is 94.4 cm³/mol. The van der Waals surface area contributed by atoms with Crippen LogP contribution in [-0.2, 0) is 11.3 Å². The van der Waals surface area contributed by atoms with Crippen LogP contribution < -0.4 is 0 Å². The van der Waals surface area contributed by atoms with Crippen LogP contribution in [0.15, 0.2) is 18.2 Å². The Hall–Kier alpha value is -1.13. The molecule has 3 rings (SSSR count). The van der Waals surface area contributed by atoms with Gasteiger partial charge in [0.25, 0.3) is 0 Å². The summed E-state index contributed by atoms with van der Waals surface area (Å²) < 4.78 is 13.9. The number of amides is 1. The molecule has 5 heteroatoms. The molecule has 0 bridgehead atoms. The number of nitrogens with zero attached hydrogens (tertiary/aromatic N) is 2. The number of likely N-dealkylation sites (tertiary alicyclic amines) is 2. The number of carbonyl (C=O) groups excluding carboxylic acids is 1. The van der Waals surface area contributed by atoms with Crippen molar-refractivity contribution >= 4 is 17.5 Å². The minimum Gasteiger partial charge on any atom is -0.342 e. The summed E-state index contributed by atoms with van der Waals surface area (Å²) in [5.41, 5.74) is 0.675. The van der Waals surface area contributed by atoms with Crippen molar-refractivity contribution < 1.29 is 9.18 Å². The maximum Gasteiger partial charge on any atom is 0.225 e. The summed E-state index contributed by atoms with van der Waals surface area (Å²) in [7, 11) is 0. The largest absolute Gasteiger partial charge is 0.342 e. The molecule has 0 aromatic heterocycles. The fraction of sp³-hybridized carbons (Fsp3) is 0.632. The molecule has 0 aliphatic carbocycles. The van der Waals surface area contributed by atoms with Gasteiger partial charge in [-0.2, -0.15) is 0 Å². The van der Waals surface area contributed by atoms with Gasteiger partial charge in [-0.25, -0.2) is 4.39 Å². The van der Waals surface area contributed by atoms with Gasteiger partial charge in [-0.05, 0) is 56.8 Å². The van der Waals surface area contributed by atoms with E-state index < -0.39 is 0 Å². The average molecular weight is 353 g/mol. The highest BCUT2D eigenvalue weighted by molar-refractivity contribution is 6.30. The molecule has 0 saturated carbocycles. The first kappa shape index (κ1) is 17.7. The van der Waals surface area contributed by atoms with Crippen molar-refractivity contribution in [2.45, 2.75) is 39.2 Å². The minimum atomic E-state index is -0.247. The summed E-state index contributed by atoms with van der Waals surface area (Å²) >= 11 is 5.80. The van der Waals surface area contributed by atoms with Gasteiger partial charge in [0.05, 0.1) is 0 Å². The lowest BCUT2D eigenvalue weighted by atomic mass is 9.92. The summed E-state index contributed by atoms with van der Waals surface area (Å²) in [6.07, 6.45) is 4.00. The number of halogens is 2. The Labute approximate surface area is 148 Å². The second-order valence-corrected chi connectivity index (χ2v) is 7.73. The number of benzene rings is 1. The van der Waals surface area contributed by atoms with E-state index in [0.717, 1.165) is 57.8 Å². The Morgan fingerprint density at radius 2 is 1.83 bits per heavy atom. The van der Waals surface area contributed by atoms with E-state index >= 15 is 0 Å². The second-order valence-electron chi connectivity index (χ2n) is 7.29.